The van der Waals surface area contributed by atoms with Gasteiger partial charge in [0.2, 0.25) is 0 Å². The van der Waals surface area contributed by atoms with Gasteiger partial charge in [-0.2, -0.15) is 0 Å². The van der Waals surface area contributed by atoms with Crippen molar-refractivity contribution in [3.05, 3.63) is 28.9 Å². The summed E-state index contributed by atoms with van der Waals surface area (Å²) in [7, 11) is 0. The van der Waals surface area contributed by atoms with Crippen molar-refractivity contribution in [2.75, 3.05) is 36.9 Å². The van der Waals surface area contributed by atoms with E-state index >= 15 is 0 Å². The lowest BCUT2D eigenvalue weighted by molar-refractivity contribution is 0.152. The third-order valence-corrected chi connectivity index (χ3v) is 3.86. The van der Waals surface area contributed by atoms with E-state index in [1.54, 1.807) is 6.20 Å². The minimum absolute atomic E-state index is 0.729. The van der Waals surface area contributed by atoms with Crippen LogP contribution in [0.2, 0.25) is 0 Å². The zero-order valence-corrected chi connectivity index (χ0v) is 12.2. The van der Waals surface area contributed by atoms with Crippen LogP contribution in [0.1, 0.15) is 6.42 Å². The molecule has 2 N–H and O–H groups in total. The number of ether oxygens (including phenoxy) is 1. The Balaban J connectivity index is 2.14. The van der Waals surface area contributed by atoms with Gasteiger partial charge in [-0.25, -0.2) is 0 Å². The van der Waals surface area contributed by atoms with E-state index in [9.17, 15) is 0 Å². The fourth-order valence-electron chi connectivity index (χ4n) is 2.49. The normalized spacial score (nSPS) is 16.6. The molecule has 5 heteroatoms. The lowest BCUT2D eigenvalue weighted by Gasteiger charge is -2.25. The molecule has 0 radical (unpaired) electrons. The van der Waals surface area contributed by atoms with Crippen LogP contribution in [0.5, 0.6) is 0 Å². The summed E-state index contributed by atoms with van der Waals surface area (Å²) in [5.74, 6) is 0. The fraction of sp³-hybridized carbons (Fsp3) is 0.357. The molecule has 19 heavy (non-hydrogen) atoms. The minimum Gasteiger partial charge on any atom is -0.396 e. The number of rotatable bonds is 1. The van der Waals surface area contributed by atoms with E-state index in [0.29, 0.717) is 0 Å². The molecular formula is C14H16BrN3O. The van der Waals surface area contributed by atoms with E-state index in [4.69, 9.17) is 10.5 Å². The number of hydrogen-bond donors (Lipinski definition) is 1. The molecule has 100 valence electrons. The molecule has 2 aromatic rings. The minimum atomic E-state index is 0.729. The third kappa shape index (κ3) is 2.53. The molecular weight excluding hydrogens is 306 g/mol. The van der Waals surface area contributed by atoms with Crippen LogP contribution in [0.3, 0.4) is 0 Å². The van der Waals surface area contributed by atoms with Gasteiger partial charge in [-0.1, -0.05) is 15.9 Å². The summed E-state index contributed by atoms with van der Waals surface area (Å²) >= 11 is 3.52. The van der Waals surface area contributed by atoms with E-state index in [1.807, 2.05) is 12.1 Å². The van der Waals surface area contributed by atoms with Crippen molar-refractivity contribution in [1.29, 1.82) is 0 Å². The van der Waals surface area contributed by atoms with Crippen LogP contribution < -0.4 is 10.6 Å². The van der Waals surface area contributed by atoms with Crippen LogP contribution in [-0.4, -0.2) is 31.3 Å². The first-order chi connectivity index (χ1) is 9.25. The molecule has 3 rings (SSSR count). The molecule has 4 nitrogen and oxygen atoms in total. The van der Waals surface area contributed by atoms with Crippen LogP contribution in [0.15, 0.2) is 28.9 Å². The highest BCUT2D eigenvalue weighted by atomic mass is 79.9. The van der Waals surface area contributed by atoms with Crippen LogP contribution >= 0.6 is 15.9 Å². The molecule has 1 saturated heterocycles. The zero-order chi connectivity index (χ0) is 13.2. The molecule has 0 saturated carbocycles. The summed E-state index contributed by atoms with van der Waals surface area (Å²) in [5, 5.41) is 1.09. The highest BCUT2D eigenvalue weighted by Gasteiger charge is 2.16. The molecule has 0 bridgehead atoms. The quantitative estimate of drug-likeness (QED) is 0.877. The largest absolute Gasteiger partial charge is 0.396 e. The second kappa shape index (κ2) is 5.35. The van der Waals surface area contributed by atoms with Crippen molar-refractivity contribution in [3.63, 3.8) is 0 Å². The van der Waals surface area contributed by atoms with Crippen molar-refractivity contribution < 1.29 is 4.74 Å². The average Bonchev–Trinajstić information content (AvgIpc) is 2.67. The lowest BCUT2D eigenvalue weighted by atomic mass is 10.1. The molecule has 1 aliphatic rings. The summed E-state index contributed by atoms with van der Waals surface area (Å²) in [6.07, 6.45) is 2.77. The van der Waals surface area contributed by atoms with Crippen LogP contribution in [0, 0.1) is 0 Å². The van der Waals surface area contributed by atoms with Gasteiger partial charge in [0.25, 0.3) is 0 Å². The number of nitrogen functional groups attached to an aromatic ring is 1. The van der Waals surface area contributed by atoms with Crippen molar-refractivity contribution in [2.45, 2.75) is 6.42 Å². The van der Waals surface area contributed by atoms with Gasteiger partial charge in [0, 0.05) is 29.6 Å². The number of nitrogens with zero attached hydrogens (tertiary/aromatic N) is 2. The Kier molecular flexibility index (Phi) is 3.57. The van der Waals surface area contributed by atoms with Gasteiger partial charge in [-0.05, 0) is 24.6 Å². The summed E-state index contributed by atoms with van der Waals surface area (Å²) in [6.45, 7) is 3.41. The van der Waals surface area contributed by atoms with Gasteiger partial charge < -0.3 is 15.4 Å². The molecule has 2 heterocycles. The number of fused-ring (bicyclic) bond motifs is 1. The van der Waals surface area contributed by atoms with Crippen molar-refractivity contribution in [1.82, 2.24) is 4.98 Å². The van der Waals surface area contributed by atoms with Gasteiger partial charge in [0.1, 0.15) is 0 Å². The molecule has 1 aliphatic heterocycles. The molecule has 1 aromatic heterocycles. The van der Waals surface area contributed by atoms with E-state index in [2.05, 4.69) is 31.9 Å². The first kappa shape index (κ1) is 12.7. The summed E-state index contributed by atoms with van der Waals surface area (Å²) in [4.78, 5) is 6.70. The summed E-state index contributed by atoms with van der Waals surface area (Å²) < 4.78 is 6.56. The first-order valence-corrected chi connectivity index (χ1v) is 7.21. The maximum atomic E-state index is 6.16. The monoisotopic (exact) mass is 321 g/mol. The molecule has 0 aliphatic carbocycles. The third-order valence-electron chi connectivity index (χ3n) is 3.37. The van der Waals surface area contributed by atoms with E-state index in [0.717, 1.165) is 59.5 Å². The molecule has 0 amide bonds. The van der Waals surface area contributed by atoms with Gasteiger partial charge in [-0.3, -0.25) is 4.98 Å². The number of pyridine rings is 1. The summed E-state index contributed by atoms with van der Waals surface area (Å²) in [5.41, 5.74) is 8.94. The standard InChI is InChI=1S/C14H16BrN3O/c15-10-2-3-13-11(8-10)14(12(16)9-17-13)18-4-1-6-19-7-5-18/h2-3,8-9H,1,4-7,16H2. The fourth-order valence-corrected chi connectivity index (χ4v) is 2.85. The molecule has 1 aromatic carbocycles. The number of anilines is 2. The lowest BCUT2D eigenvalue weighted by Crippen LogP contribution is -2.27. The number of benzene rings is 1. The second-order valence-electron chi connectivity index (χ2n) is 4.68. The predicted octanol–water partition coefficient (Wildman–Crippen LogP) is 2.81. The van der Waals surface area contributed by atoms with Gasteiger partial charge >= 0.3 is 0 Å². The topological polar surface area (TPSA) is 51.4 Å². The molecule has 0 atom stereocenters. The molecule has 1 fully saturated rings. The van der Waals surface area contributed by atoms with Gasteiger partial charge in [-0.15, -0.1) is 0 Å². The first-order valence-electron chi connectivity index (χ1n) is 6.42. The zero-order valence-electron chi connectivity index (χ0n) is 10.6. The van der Waals surface area contributed by atoms with Crippen molar-refractivity contribution in [3.8, 4) is 0 Å². The number of halogens is 1. The number of hydrogen-bond acceptors (Lipinski definition) is 4. The Morgan fingerprint density at radius 2 is 2.16 bits per heavy atom. The molecule has 0 spiro atoms. The van der Waals surface area contributed by atoms with Crippen molar-refractivity contribution >= 4 is 38.2 Å². The molecule has 0 unspecified atom stereocenters. The Hall–Kier alpha value is -1.33. The average molecular weight is 322 g/mol. The Bertz CT molecular complexity index is 589. The van der Waals surface area contributed by atoms with Crippen molar-refractivity contribution in [2.24, 2.45) is 0 Å². The van der Waals surface area contributed by atoms with Crippen LogP contribution in [-0.2, 0) is 4.74 Å². The maximum absolute atomic E-state index is 6.16. The van der Waals surface area contributed by atoms with Crippen LogP contribution in [0.4, 0.5) is 11.4 Å². The Morgan fingerprint density at radius 3 is 3.05 bits per heavy atom. The highest BCUT2D eigenvalue weighted by Crippen LogP contribution is 2.33. The van der Waals surface area contributed by atoms with Gasteiger partial charge in [0.15, 0.2) is 0 Å². The van der Waals surface area contributed by atoms with E-state index in [-0.39, 0.29) is 0 Å². The smallest absolute Gasteiger partial charge is 0.0745 e. The van der Waals surface area contributed by atoms with E-state index < -0.39 is 0 Å². The highest BCUT2D eigenvalue weighted by molar-refractivity contribution is 9.10. The maximum Gasteiger partial charge on any atom is 0.0745 e. The van der Waals surface area contributed by atoms with E-state index in [1.165, 1.54) is 0 Å². The predicted molar refractivity (Wildman–Crippen MR) is 81.5 cm³/mol. The number of aromatic nitrogens is 1. The second-order valence-corrected chi connectivity index (χ2v) is 5.59. The Morgan fingerprint density at radius 1 is 1.26 bits per heavy atom. The van der Waals surface area contributed by atoms with Gasteiger partial charge in [0.05, 0.1) is 29.7 Å². The number of nitrogens with two attached hydrogens (primary N) is 1. The van der Waals surface area contributed by atoms with Crippen LogP contribution in [0.25, 0.3) is 10.9 Å². The Labute approximate surface area is 120 Å². The SMILES string of the molecule is Nc1cnc2ccc(Br)cc2c1N1CCCOCC1. The summed E-state index contributed by atoms with van der Waals surface area (Å²) in [6, 6.07) is 6.09.